The molecule has 124 valence electrons. The molecule has 0 aliphatic carbocycles. The average molecular weight is 310 g/mol. The van der Waals surface area contributed by atoms with Crippen LogP contribution in [0, 0.1) is 6.92 Å². The number of hydrogen-bond acceptors (Lipinski definition) is 7. The van der Waals surface area contributed by atoms with E-state index in [0.717, 1.165) is 45.4 Å². The van der Waals surface area contributed by atoms with E-state index in [9.17, 15) is 4.79 Å². The maximum absolute atomic E-state index is 12.0. The van der Waals surface area contributed by atoms with Crippen LogP contribution in [0.5, 0.6) is 0 Å². The number of rotatable bonds is 7. The fraction of sp³-hybridized carbons (Fsp3) is 0.800. The largest absolute Gasteiger partial charge is 0.468 e. The third-order valence-corrected chi connectivity index (χ3v) is 4.08. The molecule has 7 heteroatoms. The molecule has 1 atom stereocenters. The van der Waals surface area contributed by atoms with Crippen LogP contribution in [0.3, 0.4) is 0 Å². The van der Waals surface area contributed by atoms with Gasteiger partial charge in [0.25, 0.3) is 0 Å². The van der Waals surface area contributed by atoms with Gasteiger partial charge in [0.1, 0.15) is 6.04 Å². The first-order valence-corrected chi connectivity index (χ1v) is 7.97. The second-order valence-electron chi connectivity index (χ2n) is 5.73. The van der Waals surface area contributed by atoms with Crippen LogP contribution in [0.1, 0.15) is 37.9 Å². The van der Waals surface area contributed by atoms with E-state index in [4.69, 9.17) is 9.26 Å². The molecular formula is C15H26N4O3. The van der Waals surface area contributed by atoms with Gasteiger partial charge in [-0.3, -0.25) is 14.6 Å². The molecule has 1 aliphatic rings. The predicted molar refractivity (Wildman–Crippen MR) is 81.2 cm³/mol. The van der Waals surface area contributed by atoms with Crippen molar-refractivity contribution in [2.45, 2.75) is 45.7 Å². The standard InChI is InChI=1S/C15H26N4O3/c1-4-5-6-13(15(20)21-3)19-9-7-18(8-10-19)11-14-16-12(2)17-22-14/h13H,4-11H2,1-3H3. The normalized spacial score (nSPS) is 18.3. The first kappa shape index (κ1) is 16.9. The van der Waals surface area contributed by atoms with E-state index in [-0.39, 0.29) is 12.0 Å². The molecule has 1 aliphatic heterocycles. The van der Waals surface area contributed by atoms with Gasteiger partial charge >= 0.3 is 5.97 Å². The summed E-state index contributed by atoms with van der Waals surface area (Å²) in [4.78, 5) is 20.7. The SMILES string of the molecule is CCCCC(C(=O)OC)N1CCN(Cc2nc(C)no2)CC1. The minimum atomic E-state index is -0.116. The quantitative estimate of drug-likeness (QED) is 0.701. The minimum Gasteiger partial charge on any atom is -0.468 e. The van der Waals surface area contributed by atoms with Gasteiger partial charge in [-0.2, -0.15) is 4.98 Å². The first-order valence-electron chi connectivity index (χ1n) is 7.97. The van der Waals surface area contributed by atoms with Crippen LogP contribution in [-0.2, 0) is 16.1 Å². The van der Waals surface area contributed by atoms with Gasteiger partial charge in [0.15, 0.2) is 5.82 Å². The summed E-state index contributed by atoms with van der Waals surface area (Å²) in [6.45, 7) is 8.13. The molecule has 0 N–H and O–H groups in total. The number of nitrogens with zero attached hydrogens (tertiary/aromatic N) is 4. The molecule has 1 unspecified atom stereocenters. The summed E-state index contributed by atoms with van der Waals surface area (Å²) >= 11 is 0. The zero-order chi connectivity index (χ0) is 15.9. The Morgan fingerprint density at radius 1 is 1.36 bits per heavy atom. The van der Waals surface area contributed by atoms with Crippen LogP contribution >= 0.6 is 0 Å². The minimum absolute atomic E-state index is 0.113. The molecule has 2 rings (SSSR count). The van der Waals surface area contributed by atoms with Crippen LogP contribution in [-0.4, -0.2) is 65.2 Å². The van der Waals surface area contributed by atoms with Crippen molar-refractivity contribution in [2.24, 2.45) is 0 Å². The predicted octanol–water partition coefficient (Wildman–Crippen LogP) is 1.23. The molecule has 2 heterocycles. The Hall–Kier alpha value is -1.47. The fourth-order valence-corrected chi connectivity index (χ4v) is 2.81. The Morgan fingerprint density at radius 2 is 2.09 bits per heavy atom. The van der Waals surface area contributed by atoms with Gasteiger partial charge in [-0.15, -0.1) is 0 Å². The summed E-state index contributed by atoms with van der Waals surface area (Å²) in [5, 5.41) is 3.81. The molecule has 0 aromatic carbocycles. The van der Waals surface area contributed by atoms with E-state index in [1.165, 1.54) is 7.11 Å². The van der Waals surface area contributed by atoms with E-state index in [2.05, 4.69) is 26.9 Å². The zero-order valence-electron chi connectivity index (χ0n) is 13.7. The van der Waals surface area contributed by atoms with Crippen molar-refractivity contribution in [1.29, 1.82) is 0 Å². The molecule has 1 aromatic heterocycles. The van der Waals surface area contributed by atoms with E-state index in [1.807, 2.05) is 6.92 Å². The smallest absolute Gasteiger partial charge is 0.323 e. The van der Waals surface area contributed by atoms with E-state index in [0.29, 0.717) is 18.3 Å². The third kappa shape index (κ3) is 4.51. The van der Waals surface area contributed by atoms with Crippen molar-refractivity contribution in [3.63, 3.8) is 0 Å². The maximum atomic E-state index is 12.0. The molecule has 0 saturated carbocycles. The van der Waals surface area contributed by atoms with E-state index >= 15 is 0 Å². The van der Waals surface area contributed by atoms with Gasteiger partial charge in [0.05, 0.1) is 13.7 Å². The highest BCUT2D eigenvalue weighted by atomic mass is 16.5. The lowest BCUT2D eigenvalue weighted by Crippen LogP contribution is -2.52. The molecule has 1 aromatic rings. The van der Waals surface area contributed by atoms with Crippen LogP contribution in [0.15, 0.2) is 4.52 Å². The molecular weight excluding hydrogens is 284 g/mol. The number of aryl methyl sites for hydroxylation is 1. The Bertz CT molecular complexity index is 469. The molecule has 1 saturated heterocycles. The van der Waals surface area contributed by atoms with Crippen molar-refractivity contribution < 1.29 is 14.1 Å². The lowest BCUT2D eigenvalue weighted by atomic mass is 10.1. The number of unbranched alkanes of at least 4 members (excludes halogenated alkanes) is 1. The number of aromatic nitrogens is 2. The Balaban J connectivity index is 1.84. The van der Waals surface area contributed by atoms with Crippen LogP contribution in [0.4, 0.5) is 0 Å². The van der Waals surface area contributed by atoms with Gasteiger partial charge in [-0.25, -0.2) is 0 Å². The third-order valence-electron chi connectivity index (χ3n) is 4.08. The molecule has 0 spiro atoms. The Labute approximate surface area is 131 Å². The monoisotopic (exact) mass is 310 g/mol. The highest BCUT2D eigenvalue weighted by molar-refractivity contribution is 5.75. The number of methoxy groups -OCH3 is 1. The van der Waals surface area contributed by atoms with Crippen molar-refractivity contribution in [3.8, 4) is 0 Å². The molecule has 0 bridgehead atoms. The van der Waals surface area contributed by atoms with Crippen LogP contribution < -0.4 is 0 Å². The second kappa shape index (κ2) is 8.24. The van der Waals surface area contributed by atoms with Gasteiger partial charge in [0, 0.05) is 26.2 Å². The summed E-state index contributed by atoms with van der Waals surface area (Å²) < 4.78 is 10.1. The summed E-state index contributed by atoms with van der Waals surface area (Å²) in [6, 6.07) is -0.113. The van der Waals surface area contributed by atoms with Crippen molar-refractivity contribution >= 4 is 5.97 Å². The topological polar surface area (TPSA) is 71.7 Å². The molecule has 1 fully saturated rings. The van der Waals surface area contributed by atoms with Gasteiger partial charge in [-0.05, 0) is 13.3 Å². The molecule has 0 radical (unpaired) electrons. The average Bonchev–Trinajstić information content (AvgIpc) is 2.94. The lowest BCUT2D eigenvalue weighted by molar-refractivity contribution is -0.148. The fourth-order valence-electron chi connectivity index (χ4n) is 2.81. The van der Waals surface area contributed by atoms with Gasteiger partial charge < -0.3 is 9.26 Å². The Morgan fingerprint density at radius 3 is 2.64 bits per heavy atom. The maximum Gasteiger partial charge on any atom is 0.323 e. The number of piperazine rings is 1. The number of ether oxygens (including phenoxy) is 1. The van der Waals surface area contributed by atoms with E-state index in [1.54, 1.807) is 0 Å². The number of esters is 1. The highest BCUT2D eigenvalue weighted by Crippen LogP contribution is 2.15. The van der Waals surface area contributed by atoms with Crippen molar-refractivity contribution in [3.05, 3.63) is 11.7 Å². The van der Waals surface area contributed by atoms with Crippen LogP contribution in [0.25, 0.3) is 0 Å². The molecule has 7 nitrogen and oxygen atoms in total. The highest BCUT2D eigenvalue weighted by Gasteiger charge is 2.29. The number of hydrogen-bond donors (Lipinski definition) is 0. The molecule has 22 heavy (non-hydrogen) atoms. The second-order valence-corrected chi connectivity index (χ2v) is 5.73. The van der Waals surface area contributed by atoms with E-state index < -0.39 is 0 Å². The van der Waals surface area contributed by atoms with Crippen LogP contribution in [0.2, 0.25) is 0 Å². The van der Waals surface area contributed by atoms with Crippen molar-refractivity contribution in [1.82, 2.24) is 19.9 Å². The van der Waals surface area contributed by atoms with Crippen molar-refractivity contribution in [2.75, 3.05) is 33.3 Å². The summed E-state index contributed by atoms with van der Waals surface area (Å²) in [7, 11) is 1.47. The lowest BCUT2D eigenvalue weighted by Gasteiger charge is -2.37. The number of carbonyl (C=O) groups is 1. The summed E-state index contributed by atoms with van der Waals surface area (Å²) in [6.07, 6.45) is 3.00. The number of carbonyl (C=O) groups excluding carboxylic acids is 1. The zero-order valence-corrected chi connectivity index (χ0v) is 13.7. The summed E-state index contributed by atoms with van der Waals surface area (Å²) in [5.41, 5.74) is 0. The Kier molecular flexibility index (Phi) is 6.33. The van der Waals surface area contributed by atoms with Gasteiger partial charge in [0.2, 0.25) is 5.89 Å². The molecule has 0 amide bonds. The van der Waals surface area contributed by atoms with Gasteiger partial charge in [-0.1, -0.05) is 24.9 Å². The first-order chi connectivity index (χ1) is 10.6. The summed E-state index contributed by atoms with van der Waals surface area (Å²) in [5.74, 6) is 1.20.